The lowest BCUT2D eigenvalue weighted by atomic mass is 10.1. The van der Waals surface area contributed by atoms with E-state index in [-0.39, 0.29) is 6.42 Å². The number of nitriles is 2. The maximum absolute atomic E-state index is 8.44. The van der Waals surface area contributed by atoms with Crippen molar-refractivity contribution in [2.75, 3.05) is 5.33 Å². The summed E-state index contributed by atoms with van der Waals surface area (Å²) in [5, 5.41) is 17.1. The zero-order valence-electron chi connectivity index (χ0n) is 4.56. The van der Waals surface area contributed by atoms with E-state index in [0.717, 1.165) is 0 Å². The van der Waals surface area contributed by atoms with Crippen molar-refractivity contribution in [3.8, 4) is 12.1 Å². The summed E-state index contributed by atoms with van der Waals surface area (Å²) in [5.41, 5.74) is 0. The van der Waals surface area contributed by atoms with Crippen molar-refractivity contribution in [1.82, 2.24) is 0 Å². The summed E-state index contributed by atoms with van der Waals surface area (Å²) in [6, 6.07) is 3.89. The van der Waals surface area contributed by atoms with Gasteiger partial charge in [-0.2, -0.15) is 10.5 Å². The Morgan fingerprint density at radius 1 is 1.44 bits per heavy atom. The second kappa shape index (κ2) is 3.87. The van der Waals surface area contributed by atoms with Gasteiger partial charge in [-0.15, -0.1) is 0 Å². The van der Waals surface area contributed by atoms with Crippen LogP contribution in [-0.2, 0) is 0 Å². The van der Waals surface area contributed by atoms with Crippen molar-refractivity contribution < 1.29 is 0 Å². The van der Waals surface area contributed by atoms with Crippen LogP contribution in [-0.4, -0.2) is 9.65 Å². The third-order valence-electron chi connectivity index (χ3n) is 0.771. The molecule has 1 unspecified atom stereocenters. The van der Waals surface area contributed by atoms with Crippen LogP contribution in [0.1, 0.15) is 6.42 Å². The highest BCUT2D eigenvalue weighted by Gasteiger charge is 2.23. The summed E-state index contributed by atoms with van der Waals surface area (Å²) in [6.07, 6.45) is 0.203. The highest BCUT2D eigenvalue weighted by atomic mass is 79.9. The van der Waals surface area contributed by atoms with Crippen LogP contribution in [0.4, 0.5) is 0 Å². The molecule has 0 spiro atoms. The molecule has 0 heterocycles. The van der Waals surface area contributed by atoms with E-state index < -0.39 is 4.32 Å². The van der Waals surface area contributed by atoms with Crippen LogP contribution in [0.25, 0.3) is 0 Å². The fourth-order valence-corrected chi connectivity index (χ4v) is 0.691. The van der Waals surface area contributed by atoms with Gasteiger partial charge in [0.05, 0.1) is 18.6 Å². The van der Waals surface area contributed by atoms with Gasteiger partial charge in [0.2, 0.25) is 0 Å². The van der Waals surface area contributed by atoms with Crippen molar-refractivity contribution in [3.63, 3.8) is 0 Å². The number of halogens is 2. The first-order chi connectivity index (χ1) is 4.18. The summed E-state index contributed by atoms with van der Waals surface area (Å²) >= 11 is 6.23. The second-order valence-electron chi connectivity index (χ2n) is 1.55. The minimum Gasteiger partial charge on any atom is -0.198 e. The molecule has 0 amide bonds. The molecule has 0 N–H and O–H groups in total. The van der Waals surface area contributed by atoms with E-state index in [1.54, 1.807) is 0 Å². The molecule has 4 heteroatoms. The molecule has 0 fully saturated rings. The van der Waals surface area contributed by atoms with Gasteiger partial charge < -0.3 is 0 Å². The number of hydrogen-bond acceptors (Lipinski definition) is 2. The van der Waals surface area contributed by atoms with E-state index in [9.17, 15) is 0 Å². The highest BCUT2D eigenvalue weighted by molar-refractivity contribution is 9.12. The largest absolute Gasteiger partial charge is 0.198 e. The van der Waals surface area contributed by atoms with Crippen molar-refractivity contribution in [3.05, 3.63) is 0 Å². The SMILES string of the molecule is N#CCC(Br)(C#N)CBr. The topological polar surface area (TPSA) is 47.6 Å². The first-order valence-corrected chi connectivity index (χ1v) is 4.13. The van der Waals surface area contributed by atoms with Crippen molar-refractivity contribution in [2.24, 2.45) is 0 Å². The molecule has 0 aromatic heterocycles. The second-order valence-corrected chi connectivity index (χ2v) is 3.62. The van der Waals surface area contributed by atoms with Crippen LogP contribution in [0.3, 0.4) is 0 Å². The molecule has 0 aliphatic heterocycles. The lowest BCUT2D eigenvalue weighted by Gasteiger charge is -2.09. The minimum atomic E-state index is -0.693. The Morgan fingerprint density at radius 2 is 2.00 bits per heavy atom. The number of nitrogens with zero attached hydrogens (tertiary/aromatic N) is 2. The summed E-state index contributed by atoms with van der Waals surface area (Å²) in [5.74, 6) is 0. The van der Waals surface area contributed by atoms with Crippen LogP contribution < -0.4 is 0 Å². The quantitative estimate of drug-likeness (QED) is 0.705. The van der Waals surface area contributed by atoms with Crippen LogP contribution in [0.15, 0.2) is 0 Å². The standard InChI is InChI=1S/C5H4Br2N2/c6-3-5(7,4-9)1-2-8/h1,3H2. The van der Waals surface area contributed by atoms with Gasteiger partial charge in [-0.25, -0.2) is 0 Å². The number of alkyl halides is 2. The molecule has 0 aliphatic carbocycles. The molecule has 9 heavy (non-hydrogen) atoms. The van der Waals surface area contributed by atoms with E-state index in [1.807, 2.05) is 12.1 Å². The zero-order valence-corrected chi connectivity index (χ0v) is 7.74. The lowest BCUT2D eigenvalue weighted by Crippen LogP contribution is -2.18. The minimum absolute atomic E-state index is 0.203. The fourth-order valence-electron chi connectivity index (χ4n) is 0.242. The van der Waals surface area contributed by atoms with Gasteiger partial charge in [-0.3, -0.25) is 0 Å². The average Bonchev–Trinajstić information content (AvgIpc) is 1.89. The van der Waals surface area contributed by atoms with E-state index in [4.69, 9.17) is 10.5 Å². The Morgan fingerprint density at radius 3 is 2.11 bits per heavy atom. The molecular weight excluding hydrogens is 248 g/mol. The third kappa shape index (κ3) is 2.84. The molecule has 48 valence electrons. The molecule has 0 aromatic rings. The van der Waals surface area contributed by atoms with Crippen molar-refractivity contribution in [2.45, 2.75) is 10.7 Å². The lowest BCUT2D eigenvalue weighted by molar-refractivity contribution is 0.867. The molecule has 1 atom stereocenters. The normalized spacial score (nSPS) is 15.1. The fraction of sp³-hybridized carbons (Fsp3) is 0.600. The number of hydrogen-bond donors (Lipinski definition) is 0. The number of rotatable bonds is 2. The van der Waals surface area contributed by atoms with Crippen molar-refractivity contribution in [1.29, 1.82) is 10.5 Å². The zero-order chi connectivity index (χ0) is 7.33. The molecular formula is C5H4Br2N2. The molecule has 0 rings (SSSR count). The Bertz CT molecular complexity index is 167. The molecule has 0 saturated heterocycles. The van der Waals surface area contributed by atoms with E-state index >= 15 is 0 Å². The Kier molecular flexibility index (Phi) is 3.84. The molecule has 0 aliphatic rings. The van der Waals surface area contributed by atoms with Gasteiger partial charge in [0.25, 0.3) is 0 Å². The van der Waals surface area contributed by atoms with E-state index in [1.165, 1.54) is 0 Å². The van der Waals surface area contributed by atoms with Gasteiger partial charge in [-0.1, -0.05) is 31.9 Å². The molecule has 0 bridgehead atoms. The summed E-state index contributed by atoms with van der Waals surface area (Å²) in [4.78, 5) is 0. The average molecular weight is 252 g/mol. The van der Waals surface area contributed by atoms with Crippen molar-refractivity contribution >= 4 is 31.9 Å². The Hall–Kier alpha value is -0.0600. The molecule has 0 radical (unpaired) electrons. The van der Waals surface area contributed by atoms with Crippen LogP contribution >= 0.6 is 31.9 Å². The first kappa shape index (κ1) is 8.94. The maximum atomic E-state index is 8.44. The molecule has 2 nitrogen and oxygen atoms in total. The summed E-state index contributed by atoms with van der Waals surface area (Å²) < 4.78 is -0.693. The van der Waals surface area contributed by atoms with E-state index in [2.05, 4.69) is 31.9 Å². The van der Waals surface area contributed by atoms with Crippen LogP contribution in [0.5, 0.6) is 0 Å². The van der Waals surface area contributed by atoms with Gasteiger partial charge in [0.15, 0.2) is 0 Å². The monoisotopic (exact) mass is 250 g/mol. The molecule has 0 saturated carbocycles. The Balaban J connectivity index is 4.01. The van der Waals surface area contributed by atoms with Gasteiger partial charge in [0.1, 0.15) is 4.32 Å². The maximum Gasteiger partial charge on any atom is 0.134 e. The predicted molar refractivity (Wildman–Crippen MR) is 41.3 cm³/mol. The van der Waals surface area contributed by atoms with Gasteiger partial charge in [-0.05, 0) is 0 Å². The van der Waals surface area contributed by atoms with Crippen LogP contribution in [0, 0.1) is 22.7 Å². The summed E-state index contributed by atoms with van der Waals surface area (Å²) in [6.45, 7) is 0. The van der Waals surface area contributed by atoms with Gasteiger partial charge in [0, 0.05) is 5.33 Å². The third-order valence-corrected chi connectivity index (χ3v) is 3.22. The first-order valence-electron chi connectivity index (χ1n) is 2.21. The Labute approximate surface area is 70.7 Å². The van der Waals surface area contributed by atoms with Gasteiger partial charge >= 0.3 is 0 Å². The van der Waals surface area contributed by atoms with E-state index in [0.29, 0.717) is 5.33 Å². The summed E-state index contributed by atoms with van der Waals surface area (Å²) in [7, 11) is 0. The predicted octanol–water partition coefficient (Wildman–Crippen LogP) is 1.95. The smallest absolute Gasteiger partial charge is 0.134 e. The highest BCUT2D eigenvalue weighted by Crippen LogP contribution is 2.23. The van der Waals surface area contributed by atoms with Crippen LogP contribution in [0.2, 0.25) is 0 Å². The molecule has 0 aromatic carbocycles.